The molecule has 2 fully saturated rings. The summed E-state index contributed by atoms with van der Waals surface area (Å²) in [6.07, 6.45) is -0.274. The quantitative estimate of drug-likeness (QED) is 0.799. The second kappa shape index (κ2) is 4.41. The van der Waals surface area contributed by atoms with Crippen LogP contribution in [-0.4, -0.2) is 51.7 Å². The molecular formula is C19H21NO4. The van der Waals surface area contributed by atoms with Crippen molar-refractivity contribution in [2.45, 2.75) is 48.8 Å². The first-order valence-corrected chi connectivity index (χ1v) is 8.24. The molecule has 2 aliphatic carbocycles. The minimum atomic E-state index is -2.41. The fourth-order valence-corrected chi connectivity index (χ4v) is 5.53. The minimum absolute atomic E-state index is 0.0754. The largest absolute Gasteiger partial charge is 0.504 e. The highest BCUT2D eigenvalue weighted by atomic mass is 16.5. The summed E-state index contributed by atoms with van der Waals surface area (Å²) < 4.78 is 45.6. The minimum Gasteiger partial charge on any atom is -0.504 e. The van der Waals surface area contributed by atoms with Gasteiger partial charge in [0.25, 0.3) is 0 Å². The van der Waals surface area contributed by atoms with Crippen LogP contribution in [0.15, 0.2) is 24.7 Å². The summed E-state index contributed by atoms with van der Waals surface area (Å²) in [5.74, 6) is 0.00842. The van der Waals surface area contributed by atoms with Crippen LogP contribution in [0.2, 0.25) is 0 Å². The number of nitrogens with zero attached hydrogens (tertiary/aromatic N) is 1. The van der Waals surface area contributed by atoms with Crippen molar-refractivity contribution >= 4 is 5.78 Å². The van der Waals surface area contributed by atoms with Crippen LogP contribution in [0.4, 0.5) is 0 Å². The number of phenolic OH excluding ortho intramolecular Hbond substituents is 1. The molecule has 2 N–H and O–H groups in total. The molecule has 4 aliphatic rings. The summed E-state index contributed by atoms with van der Waals surface area (Å²) in [5, 5.41) is 22.3. The number of ether oxygens (including phenoxy) is 1. The molecule has 2 heterocycles. The molecule has 1 saturated heterocycles. The molecule has 4 atom stereocenters. The molecule has 0 amide bonds. The average molecular weight is 332 g/mol. The maximum absolute atomic E-state index is 12.8. The maximum atomic E-state index is 12.8. The van der Waals surface area contributed by atoms with Crippen molar-refractivity contribution in [2.75, 3.05) is 13.0 Å². The van der Waals surface area contributed by atoms with Gasteiger partial charge >= 0.3 is 0 Å². The zero-order chi connectivity index (χ0) is 20.9. The number of likely N-dealkylation sites (tertiary alicyclic amines) is 1. The van der Waals surface area contributed by atoms with E-state index >= 15 is 0 Å². The molecule has 5 heteroatoms. The van der Waals surface area contributed by atoms with E-state index < -0.39 is 42.2 Å². The highest BCUT2D eigenvalue weighted by Crippen LogP contribution is 2.64. The summed E-state index contributed by atoms with van der Waals surface area (Å²) in [4.78, 5) is 14.1. The van der Waals surface area contributed by atoms with Gasteiger partial charge < -0.3 is 14.9 Å². The zero-order valence-corrected chi connectivity index (χ0v) is 13.0. The van der Waals surface area contributed by atoms with Gasteiger partial charge in [0.05, 0.1) is 15.1 Å². The van der Waals surface area contributed by atoms with Gasteiger partial charge in [-0.05, 0) is 30.9 Å². The van der Waals surface area contributed by atoms with Crippen molar-refractivity contribution in [2.24, 2.45) is 0 Å². The first-order chi connectivity index (χ1) is 13.6. The van der Waals surface area contributed by atoms with Crippen molar-refractivity contribution in [1.29, 1.82) is 0 Å². The number of hydrogen-bond acceptors (Lipinski definition) is 5. The van der Waals surface area contributed by atoms with E-state index in [2.05, 4.69) is 0 Å². The standard InChI is InChI=1S/C19H21NO4/c1-2-8-20-9-7-18-15-11-3-4-12(21)16(15)24-17(18)13(22)5-6-19(18,23)14(20)10-11/h2-4,14,17,21,23H,1,5-10H2/t14-,17?,18+,19-/m1/s1/i1D2,2D,8D2. The lowest BCUT2D eigenvalue weighted by atomic mass is 9.49. The Hall–Kier alpha value is -1.85. The van der Waals surface area contributed by atoms with E-state index in [4.69, 9.17) is 11.6 Å². The average Bonchev–Trinajstić information content (AvgIpc) is 3.01. The SMILES string of the molecule is [2H]C([2H])=C([2H])C([2H])([2H])N1CC[C@]23c4c5ccc(O)c4OC2C(=O)CC[C@@]3(O)[C@H]1C5. The van der Waals surface area contributed by atoms with Crippen molar-refractivity contribution < 1.29 is 26.6 Å². The number of piperidine rings is 1. The zero-order valence-electron chi connectivity index (χ0n) is 18.0. The van der Waals surface area contributed by atoms with E-state index in [1.807, 2.05) is 0 Å². The first kappa shape index (κ1) is 10.2. The van der Waals surface area contributed by atoms with E-state index in [1.165, 1.54) is 11.0 Å². The van der Waals surface area contributed by atoms with Gasteiger partial charge in [0, 0.05) is 33.8 Å². The van der Waals surface area contributed by atoms with Crippen molar-refractivity contribution in [1.82, 2.24) is 4.90 Å². The van der Waals surface area contributed by atoms with Crippen LogP contribution in [0.25, 0.3) is 0 Å². The summed E-state index contributed by atoms with van der Waals surface area (Å²) in [7, 11) is 0. The van der Waals surface area contributed by atoms with Gasteiger partial charge in [0.15, 0.2) is 23.4 Å². The molecule has 2 aliphatic heterocycles. The van der Waals surface area contributed by atoms with Gasteiger partial charge in [-0.2, -0.15) is 0 Å². The molecule has 0 radical (unpaired) electrons. The van der Waals surface area contributed by atoms with Gasteiger partial charge in [-0.25, -0.2) is 0 Å². The Morgan fingerprint density at radius 2 is 2.46 bits per heavy atom. The van der Waals surface area contributed by atoms with E-state index in [9.17, 15) is 15.0 Å². The van der Waals surface area contributed by atoms with Gasteiger partial charge in [0.2, 0.25) is 0 Å². The van der Waals surface area contributed by atoms with Crippen LogP contribution in [0.3, 0.4) is 0 Å². The molecule has 0 aromatic heterocycles. The summed E-state index contributed by atoms with van der Waals surface area (Å²) >= 11 is 0. The number of hydrogen-bond donors (Lipinski definition) is 2. The molecule has 24 heavy (non-hydrogen) atoms. The molecule has 126 valence electrons. The Balaban J connectivity index is 1.74. The van der Waals surface area contributed by atoms with Crippen molar-refractivity contribution in [3.05, 3.63) is 35.8 Å². The third kappa shape index (κ3) is 1.38. The Labute approximate surface area is 147 Å². The third-order valence-electron chi connectivity index (χ3n) is 6.46. The molecular weight excluding hydrogens is 306 g/mol. The number of ketones is 1. The highest BCUT2D eigenvalue weighted by molar-refractivity contribution is 5.90. The summed E-state index contributed by atoms with van der Waals surface area (Å²) in [6, 6.07) is 1.67. The molecule has 5 rings (SSSR count). The lowest BCUT2D eigenvalue weighted by molar-refractivity contribution is -0.187. The Morgan fingerprint density at radius 3 is 3.29 bits per heavy atom. The normalized spacial score (nSPS) is 42.7. The van der Waals surface area contributed by atoms with Crippen molar-refractivity contribution in [3.63, 3.8) is 0 Å². The fraction of sp³-hybridized carbons (Fsp3) is 0.526. The topological polar surface area (TPSA) is 70.0 Å². The molecule has 1 unspecified atom stereocenters. The Bertz CT molecular complexity index is 978. The molecule has 1 saturated carbocycles. The predicted molar refractivity (Wildman–Crippen MR) is 87.3 cm³/mol. The van der Waals surface area contributed by atoms with E-state index in [1.54, 1.807) is 6.07 Å². The number of carbonyl (C=O) groups is 1. The predicted octanol–water partition coefficient (Wildman–Crippen LogP) is 1.30. The highest BCUT2D eigenvalue weighted by Gasteiger charge is 2.72. The third-order valence-corrected chi connectivity index (χ3v) is 6.46. The van der Waals surface area contributed by atoms with E-state index in [0.717, 1.165) is 5.56 Å². The number of rotatable bonds is 2. The molecule has 1 aromatic rings. The monoisotopic (exact) mass is 332 g/mol. The molecule has 1 spiro atoms. The van der Waals surface area contributed by atoms with Crippen LogP contribution >= 0.6 is 0 Å². The van der Waals surface area contributed by atoms with Crippen LogP contribution in [-0.2, 0) is 16.6 Å². The van der Waals surface area contributed by atoms with Crippen molar-refractivity contribution in [3.8, 4) is 11.5 Å². The van der Waals surface area contributed by atoms with E-state index in [-0.39, 0.29) is 49.5 Å². The number of phenols is 1. The number of Topliss-reactive ketones (excluding diaryl/α,β-unsaturated/α-hetero) is 1. The van der Waals surface area contributed by atoms with Gasteiger partial charge in [-0.15, -0.1) is 6.53 Å². The lowest BCUT2D eigenvalue weighted by Gasteiger charge is -2.62. The summed E-state index contributed by atoms with van der Waals surface area (Å²) in [5.41, 5.74) is -1.14. The molecule has 1 aromatic carbocycles. The second-order valence-corrected chi connectivity index (χ2v) is 7.21. The first-order valence-electron chi connectivity index (χ1n) is 10.7. The lowest BCUT2D eigenvalue weighted by Crippen LogP contribution is -2.76. The summed E-state index contributed by atoms with van der Waals surface area (Å²) in [6.45, 7) is -3.20. The van der Waals surface area contributed by atoms with Crippen LogP contribution in [0.5, 0.6) is 11.5 Å². The van der Waals surface area contributed by atoms with Gasteiger partial charge in [-0.1, -0.05) is 12.1 Å². The Kier molecular flexibility index (Phi) is 1.87. The van der Waals surface area contributed by atoms with Crippen LogP contribution in [0.1, 0.15) is 37.2 Å². The smallest absolute Gasteiger partial charge is 0.174 e. The Morgan fingerprint density at radius 1 is 1.58 bits per heavy atom. The van der Waals surface area contributed by atoms with E-state index in [0.29, 0.717) is 5.56 Å². The van der Waals surface area contributed by atoms with Crippen LogP contribution in [0, 0.1) is 0 Å². The maximum Gasteiger partial charge on any atom is 0.174 e. The van der Waals surface area contributed by atoms with Gasteiger partial charge in [-0.3, -0.25) is 9.69 Å². The number of carbonyl (C=O) groups excluding carboxylic acids is 1. The van der Waals surface area contributed by atoms with Gasteiger partial charge in [0.1, 0.15) is 0 Å². The van der Waals surface area contributed by atoms with Crippen LogP contribution < -0.4 is 4.74 Å². The fourth-order valence-electron chi connectivity index (χ4n) is 5.53. The second-order valence-electron chi connectivity index (χ2n) is 7.21. The number of aromatic hydroxyl groups is 1. The molecule has 2 bridgehead atoms. The molecule has 5 nitrogen and oxygen atoms in total. The number of aliphatic hydroxyl groups is 1. The number of benzene rings is 1.